The van der Waals surface area contributed by atoms with Gasteiger partial charge in [-0.3, -0.25) is 0 Å². The highest BCUT2D eigenvalue weighted by molar-refractivity contribution is 6.31. The van der Waals surface area contributed by atoms with Gasteiger partial charge in [0.2, 0.25) is 0 Å². The summed E-state index contributed by atoms with van der Waals surface area (Å²) in [5.41, 5.74) is 0.339. The van der Waals surface area contributed by atoms with Gasteiger partial charge >= 0.3 is 6.09 Å². The highest BCUT2D eigenvalue weighted by Gasteiger charge is 2.27. The number of methoxy groups -OCH3 is 1. The number of rotatable bonds is 7. The molecule has 0 radical (unpaired) electrons. The molecule has 198 valence electrons. The van der Waals surface area contributed by atoms with Crippen LogP contribution >= 0.6 is 11.6 Å². The van der Waals surface area contributed by atoms with Gasteiger partial charge in [0.1, 0.15) is 17.7 Å². The van der Waals surface area contributed by atoms with E-state index in [2.05, 4.69) is 15.3 Å². The Morgan fingerprint density at radius 2 is 1.95 bits per heavy atom. The predicted octanol–water partition coefficient (Wildman–Crippen LogP) is 6.59. The van der Waals surface area contributed by atoms with E-state index in [0.29, 0.717) is 53.8 Å². The van der Waals surface area contributed by atoms with Gasteiger partial charge in [0, 0.05) is 24.5 Å². The Morgan fingerprint density at radius 3 is 2.65 bits per heavy atom. The minimum absolute atomic E-state index is 0.0194. The van der Waals surface area contributed by atoms with E-state index in [1.165, 1.54) is 12.4 Å². The van der Waals surface area contributed by atoms with Gasteiger partial charge in [0.25, 0.3) is 0 Å². The van der Waals surface area contributed by atoms with Gasteiger partial charge in [-0.05, 0) is 64.2 Å². The number of amides is 1. The van der Waals surface area contributed by atoms with Crippen LogP contribution in [0.25, 0.3) is 10.9 Å². The molecule has 0 spiro atoms. The zero-order valence-electron chi connectivity index (χ0n) is 21.5. The van der Waals surface area contributed by atoms with Gasteiger partial charge in [-0.1, -0.05) is 17.7 Å². The smallest absolute Gasteiger partial charge is 0.410 e. The van der Waals surface area contributed by atoms with Crippen molar-refractivity contribution in [2.75, 3.05) is 32.1 Å². The number of carbonyl (C=O) groups excluding carboxylic acids is 1. The molecule has 1 saturated heterocycles. The second-order valence-corrected chi connectivity index (χ2v) is 10.4. The van der Waals surface area contributed by atoms with Gasteiger partial charge in [-0.25, -0.2) is 19.2 Å². The van der Waals surface area contributed by atoms with Crippen molar-refractivity contribution in [2.45, 2.75) is 45.6 Å². The summed E-state index contributed by atoms with van der Waals surface area (Å²) in [4.78, 5) is 22.7. The lowest BCUT2D eigenvalue weighted by Gasteiger charge is -2.33. The quantitative estimate of drug-likeness (QED) is 0.368. The maximum Gasteiger partial charge on any atom is 0.410 e. The maximum atomic E-state index is 14.5. The fourth-order valence-electron chi connectivity index (χ4n) is 4.23. The molecule has 2 aromatic carbocycles. The first-order valence-corrected chi connectivity index (χ1v) is 12.7. The number of anilines is 2. The average Bonchev–Trinajstić information content (AvgIpc) is 2.86. The van der Waals surface area contributed by atoms with E-state index in [0.717, 1.165) is 19.3 Å². The molecule has 0 saturated carbocycles. The van der Waals surface area contributed by atoms with Crippen LogP contribution in [0, 0.1) is 11.7 Å². The molecule has 1 fully saturated rings. The number of likely N-dealkylation sites (tertiary alicyclic amines) is 1. The number of aromatic nitrogens is 2. The van der Waals surface area contributed by atoms with E-state index in [4.69, 9.17) is 25.8 Å². The molecular weight excluding hydrogens is 499 g/mol. The molecule has 1 aliphatic rings. The Morgan fingerprint density at radius 1 is 1.19 bits per heavy atom. The van der Waals surface area contributed by atoms with Crippen molar-refractivity contribution in [3.05, 3.63) is 47.5 Å². The monoisotopic (exact) mass is 530 g/mol. The third-order valence-corrected chi connectivity index (χ3v) is 6.47. The fourth-order valence-corrected chi connectivity index (χ4v) is 4.40. The van der Waals surface area contributed by atoms with Gasteiger partial charge < -0.3 is 24.4 Å². The molecule has 3 aromatic rings. The van der Waals surface area contributed by atoms with Crippen molar-refractivity contribution in [2.24, 2.45) is 5.92 Å². The molecule has 1 aromatic heterocycles. The number of carbonyl (C=O) groups is 1. The van der Waals surface area contributed by atoms with Crippen LogP contribution in [0.4, 0.5) is 20.7 Å². The third kappa shape index (κ3) is 6.71. The molecule has 1 aliphatic heterocycles. The molecule has 8 nitrogen and oxygen atoms in total. The number of ether oxygens (including phenoxy) is 3. The van der Waals surface area contributed by atoms with Gasteiger partial charge in [0.05, 0.1) is 29.9 Å². The highest BCUT2D eigenvalue weighted by Crippen LogP contribution is 2.36. The minimum Gasteiger partial charge on any atom is -0.493 e. The molecule has 4 rings (SSSR count). The Balaban J connectivity index is 1.41. The molecule has 1 N–H and O–H groups in total. The molecule has 0 atom stereocenters. The van der Waals surface area contributed by atoms with Crippen LogP contribution in [-0.4, -0.2) is 53.4 Å². The number of fused-ring (bicyclic) bond motifs is 1. The number of halogens is 2. The number of benzene rings is 2. The number of piperidine rings is 1. The van der Waals surface area contributed by atoms with E-state index in [1.807, 2.05) is 20.8 Å². The van der Waals surface area contributed by atoms with Crippen LogP contribution in [0.5, 0.6) is 11.5 Å². The molecule has 0 unspecified atom stereocenters. The van der Waals surface area contributed by atoms with Crippen molar-refractivity contribution < 1.29 is 23.4 Å². The van der Waals surface area contributed by atoms with Crippen LogP contribution in [0.2, 0.25) is 5.02 Å². The van der Waals surface area contributed by atoms with Crippen LogP contribution in [-0.2, 0) is 4.74 Å². The predicted molar refractivity (Wildman–Crippen MR) is 141 cm³/mol. The Labute approximate surface area is 221 Å². The standard InChI is InChI=1S/C27H32ClFN4O4/c1-27(2,3)37-26(34)33-11-8-17(9-12-33)10-13-36-23-14-18-21(15-22(23)35-4)30-16-31-25(18)32-20-7-5-6-19(28)24(20)29/h5-7,14-17H,8-13H2,1-4H3,(H,30,31,32). The lowest BCUT2D eigenvalue weighted by atomic mass is 9.94. The first-order valence-electron chi connectivity index (χ1n) is 12.3. The molecule has 37 heavy (non-hydrogen) atoms. The van der Waals surface area contributed by atoms with Crippen molar-refractivity contribution in [3.63, 3.8) is 0 Å². The summed E-state index contributed by atoms with van der Waals surface area (Å²) in [6.07, 6.45) is 3.77. The summed E-state index contributed by atoms with van der Waals surface area (Å²) in [7, 11) is 1.57. The second kappa shape index (κ2) is 11.4. The van der Waals surface area contributed by atoms with Gasteiger partial charge in [-0.15, -0.1) is 0 Å². The summed E-state index contributed by atoms with van der Waals surface area (Å²) in [5, 5.41) is 3.68. The number of hydrogen-bond acceptors (Lipinski definition) is 7. The van der Waals surface area contributed by atoms with Crippen molar-refractivity contribution in [3.8, 4) is 11.5 Å². The second-order valence-electron chi connectivity index (χ2n) is 10.0. The molecular formula is C27H32ClFN4O4. The van der Waals surface area contributed by atoms with E-state index in [9.17, 15) is 9.18 Å². The third-order valence-electron chi connectivity index (χ3n) is 6.18. The van der Waals surface area contributed by atoms with Crippen LogP contribution in [0.3, 0.4) is 0 Å². The van der Waals surface area contributed by atoms with E-state index in [-0.39, 0.29) is 16.8 Å². The molecule has 1 amide bonds. The first kappa shape index (κ1) is 26.7. The minimum atomic E-state index is -0.557. The average molecular weight is 531 g/mol. The van der Waals surface area contributed by atoms with Crippen molar-refractivity contribution in [1.29, 1.82) is 0 Å². The summed E-state index contributed by atoms with van der Waals surface area (Å²) in [5.74, 6) is 1.40. The SMILES string of the molecule is COc1cc2ncnc(Nc3cccc(Cl)c3F)c2cc1OCCC1CCN(C(=O)OC(C)(C)C)CC1. The van der Waals surface area contributed by atoms with E-state index < -0.39 is 11.4 Å². The largest absolute Gasteiger partial charge is 0.493 e. The Bertz CT molecular complexity index is 1260. The van der Waals surface area contributed by atoms with E-state index in [1.54, 1.807) is 36.3 Å². The number of nitrogens with zero attached hydrogens (tertiary/aromatic N) is 3. The van der Waals surface area contributed by atoms with Crippen molar-refractivity contribution >= 4 is 40.1 Å². The molecule has 0 aliphatic carbocycles. The van der Waals surface area contributed by atoms with Crippen molar-refractivity contribution in [1.82, 2.24) is 14.9 Å². The van der Waals surface area contributed by atoms with Gasteiger partial charge in [0.15, 0.2) is 17.3 Å². The maximum absolute atomic E-state index is 14.5. The van der Waals surface area contributed by atoms with E-state index >= 15 is 0 Å². The number of hydrogen-bond donors (Lipinski definition) is 1. The molecule has 0 bridgehead atoms. The highest BCUT2D eigenvalue weighted by atomic mass is 35.5. The normalized spacial score (nSPS) is 14.5. The lowest BCUT2D eigenvalue weighted by molar-refractivity contribution is 0.0177. The van der Waals surface area contributed by atoms with Crippen LogP contribution in [0.15, 0.2) is 36.7 Å². The summed E-state index contributed by atoms with van der Waals surface area (Å²) >= 11 is 5.92. The fraction of sp³-hybridized carbons (Fsp3) is 0.444. The zero-order chi connectivity index (χ0) is 26.6. The Kier molecular flexibility index (Phi) is 8.22. The van der Waals surface area contributed by atoms with Gasteiger partial charge in [-0.2, -0.15) is 0 Å². The molecule has 10 heteroatoms. The number of nitrogens with one attached hydrogen (secondary N) is 1. The molecule has 2 heterocycles. The Hall–Kier alpha value is -3.33. The summed E-state index contributed by atoms with van der Waals surface area (Å²) < 4.78 is 31.6. The zero-order valence-corrected chi connectivity index (χ0v) is 22.3. The first-order chi connectivity index (χ1) is 17.6. The van der Waals surface area contributed by atoms with Crippen LogP contribution < -0.4 is 14.8 Å². The summed E-state index contributed by atoms with van der Waals surface area (Å²) in [6.45, 7) is 7.44. The lowest BCUT2D eigenvalue weighted by Crippen LogP contribution is -2.41. The topological polar surface area (TPSA) is 85.8 Å². The van der Waals surface area contributed by atoms with Crippen LogP contribution in [0.1, 0.15) is 40.0 Å². The summed E-state index contributed by atoms with van der Waals surface area (Å²) in [6, 6.07) is 8.30.